The maximum absolute atomic E-state index is 13.5. The number of aryl methyl sites for hydroxylation is 2. The number of fused-ring (bicyclic) bond motifs is 2. The molecule has 4 heterocycles. The van der Waals surface area contributed by atoms with Gasteiger partial charge in [0, 0.05) is 25.0 Å². The first-order valence-electron chi connectivity index (χ1n) is 9.87. The SMILES string of the molecule is Cc1noc2nc3c(c(C(=O)N4CCC(Cc5ccc(N)nc5)C4)c12)CCC3. The quantitative estimate of drug-likeness (QED) is 0.754. The van der Waals surface area contributed by atoms with Crippen LogP contribution in [0.4, 0.5) is 5.82 Å². The highest BCUT2D eigenvalue weighted by Gasteiger charge is 2.33. The number of rotatable bonds is 3. The largest absolute Gasteiger partial charge is 0.384 e. The smallest absolute Gasteiger partial charge is 0.259 e. The molecule has 1 fully saturated rings. The van der Waals surface area contributed by atoms with Crippen molar-refractivity contribution in [3.8, 4) is 0 Å². The van der Waals surface area contributed by atoms with Crippen molar-refractivity contribution in [1.29, 1.82) is 0 Å². The van der Waals surface area contributed by atoms with E-state index in [1.807, 2.05) is 30.2 Å². The predicted molar refractivity (Wildman–Crippen MR) is 105 cm³/mol. The predicted octanol–water partition coefficient (Wildman–Crippen LogP) is 2.70. The summed E-state index contributed by atoms with van der Waals surface area (Å²) in [6.07, 6.45) is 6.58. The number of carbonyl (C=O) groups is 1. The molecule has 144 valence electrons. The first-order chi connectivity index (χ1) is 13.6. The number of pyridine rings is 2. The Bertz CT molecular complexity index is 1060. The molecule has 3 aromatic rings. The number of aromatic nitrogens is 3. The molecule has 1 aliphatic carbocycles. The van der Waals surface area contributed by atoms with E-state index in [9.17, 15) is 4.79 Å². The molecular formula is C21H23N5O2. The molecule has 2 N–H and O–H groups in total. The number of likely N-dealkylation sites (tertiary alicyclic amines) is 1. The van der Waals surface area contributed by atoms with Gasteiger partial charge in [0.25, 0.3) is 11.6 Å². The van der Waals surface area contributed by atoms with Crippen molar-refractivity contribution >= 4 is 22.8 Å². The van der Waals surface area contributed by atoms with Gasteiger partial charge in [0.2, 0.25) is 0 Å². The summed E-state index contributed by atoms with van der Waals surface area (Å²) < 4.78 is 5.39. The van der Waals surface area contributed by atoms with Gasteiger partial charge in [-0.3, -0.25) is 4.79 Å². The van der Waals surface area contributed by atoms with Crippen LogP contribution in [0, 0.1) is 12.8 Å². The minimum Gasteiger partial charge on any atom is -0.384 e. The van der Waals surface area contributed by atoms with Crippen LogP contribution in [0.15, 0.2) is 22.9 Å². The second-order valence-electron chi connectivity index (χ2n) is 7.92. The summed E-state index contributed by atoms with van der Waals surface area (Å²) in [4.78, 5) is 24.3. The third kappa shape index (κ3) is 2.82. The topological polar surface area (TPSA) is 98.1 Å². The Labute approximate surface area is 162 Å². The molecule has 1 unspecified atom stereocenters. The van der Waals surface area contributed by atoms with Crippen molar-refractivity contribution in [3.63, 3.8) is 0 Å². The lowest BCUT2D eigenvalue weighted by molar-refractivity contribution is 0.0788. The summed E-state index contributed by atoms with van der Waals surface area (Å²) >= 11 is 0. The Morgan fingerprint density at radius 3 is 3.07 bits per heavy atom. The van der Waals surface area contributed by atoms with E-state index >= 15 is 0 Å². The number of amides is 1. The van der Waals surface area contributed by atoms with Crippen molar-refractivity contribution in [2.24, 2.45) is 5.92 Å². The number of nitrogens with zero attached hydrogens (tertiary/aromatic N) is 4. The number of nitrogen functional groups attached to an aromatic ring is 1. The van der Waals surface area contributed by atoms with Crippen molar-refractivity contribution in [1.82, 2.24) is 20.0 Å². The molecule has 28 heavy (non-hydrogen) atoms. The van der Waals surface area contributed by atoms with Crippen LogP contribution in [-0.4, -0.2) is 39.0 Å². The first kappa shape index (κ1) is 17.2. The summed E-state index contributed by atoms with van der Waals surface area (Å²) in [6, 6.07) is 3.85. The molecule has 0 radical (unpaired) electrons. The highest BCUT2D eigenvalue weighted by atomic mass is 16.5. The van der Waals surface area contributed by atoms with Gasteiger partial charge in [0.05, 0.1) is 16.6 Å². The molecule has 1 amide bonds. The Morgan fingerprint density at radius 2 is 2.25 bits per heavy atom. The lowest BCUT2D eigenvalue weighted by Crippen LogP contribution is -2.30. The van der Waals surface area contributed by atoms with Crippen LogP contribution >= 0.6 is 0 Å². The lowest BCUT2D eigenvalue weighted by Gasteiger charge is -2.19. The van der Waals surface area contributed by atoms with Gasteiger partial charge >= 0.3 is 0 Å². The molecule has 0 aromatic carbocycles. The van der Waals surface area contributed by atoms with Gasteiger partial charge in [-0.1, -0.05) is 11.2 Å². The zero-order valence-corrected chi connectivity index (χ0v) is 15.9. The second kappa shape index (κ2) is 6.58. The summed E-state index contributed by atoms with van der Waals surface area (Å²) in [7, 11) is 0. The Kier molecular flexibility index (Phi) is 4.03. The van der Waals surface area contributed by atoms with Gasteiger partial charge in [-0.15, -0.1) is 0 Å². The van der Waals surface area contributed by atoms with Crippen molar-refractivity contribution < 1.29 is 9.32 Å². The first-order valence-corrected chi connectivity index (χ1v) is 9.87. The van der Waals surface area contributed by atoms with Crippen molar-refractivity contribution in [2.75, 3.05) is 18.8 Å². The monoisotopic (exact) mass is 377 g/mol. The van der Waals surface area contributed by atoms with Gasteiger partial charge in [-0.2, -0.15) is 0 Å². The Balaban J connectivity index is 1.42. The second-order valence-corrected chi connectivity index (χ2v) is 7.92. The van der Waals surface area contributed by atoms with Crippen LogP contribution in [0.2, 0.25) is 0 Å². The van der Waals surface area contributed by atoms with Gasteiger partial charge in [-0.05, 0) is 62.1 Å². The number of anilines is 1. The lowest BCUT2D eigenvalue weighted by atomic mass is 9.99. The van der Waals surface area contributed by atoms with E-state index in [0.29, 0.717) is 17.4 Å². The molecule has 7 heteroatoms. The zero-order chi connectivity index (χ0) is 19.3. The number of nitrogens with two attached hydrogens (primary N) is 1. The molecular weight excluding hydrogens is 354 g/mol. The van der Waals surface area contributed by atoms with E-state index in [2.05, 4.69) is 15.1 Å². The normalized spacial score (nSPS) is 18.8. The molecule has 0 saturated carbocycles. The average molecular weight is 377 g/mol. The molecule has 1 saturated heterocycles. The van der Waals surface area contributed by atoms with Gasteiger partial charge in [0.1, 0.15) is 5.82 Å². The highest BCUT2D eigenvalue weighted by molar-refractivity contribution is 6.07. The molecule has 3 aromatic heterocycles. The maximum Gasteiger partial charge on any atom is 0.259 e. The fourth-order valence-corrected chi connectivity index (χ4v) is 4.58. The van der Waals surface area contributed by atoms with Crippen LogP contribution in [0.25, 0.3) is 11.1 Å². The molecule has 1 aliphatic heterocycles. The van der Waals surface area contributed by atoms with Crippen LogP contribution in [0.5, 0.6) is 0 Å². The molecule has 1 atom stereocenters. The van der Waals surface area contributed by atoms with Crippen LogP contribution in [0.1, 0.15) is 45.7 Å². The van der Waals surface area contributed by atoms with E-state index in [0.717, 1.165) is 78.7 Å². The summed E-state index contributed by atoms with van der Waals surface area (Å²) in [5.74, 6) is 1.06. The number of hydrogen-bond acceptors (Lipinski definition) is 6. The molecule has 7 nitrogen and oxygen atoms in total. The molecule has 0 bridgehead atoms. The summed E-state index contributed by atoms with van der Waals surface area (Å²) in [5.41, 5.74) is 10.9. The van der Waals surface area contributed by atoms with Crippen LogP contribution in [0.3, 0.4) is 0 Å². The summed E-state index contributed by atoms with van der Waals surface area (Å²) in [6.45, 7) is 3.41. The number of hydrogen-bond donors (Lipinski definition) is 1. The van der Waals surface area contributed by atoms with Gasteiger partial charge < -0.3 is 15.2 Å². The minimum atomic E-state index is 0.0924. The fraction of sp³-hybridized carbons (Fsp3) is 0.429. The van der Waals surface area contributed by atoms with Crippen molar-refractivity contribution in [3.05, 3.63) is 46.4 Å². The van der Waals surface area contributed by atoms with Gasteiger partial charge in [0.15, 0.2) is 0 Å². The summed E-state index contributed by atoms with van der Waals surface area (Å²) in [5, 5.41) is 4.85. The Hall–Kier alpha value is -2.96. The van der Waals surface area contributed by atoms with Gasteiger partial charge in [-0.25, -0.2) is 9.97 Å². The molecule has 5 rings (SSSR count). The number of carbonyl (C=O) groups excluding carboxylic acids is 1. The Morgan fingerprint density at radius 1 is 1.36 bits per heavy atom. The maximum atomic E-state index is 13.5. The van der Waals surface area contributed by atoms with E-state index in [4.69, 9.17) is 10.3 Å². The van der Waals surface area contributed by atoms with Crippen molar-refractivity contribution in [2.45, 2.75) is 39.0 Å². The minimum absolute atomic E-state index is 0.0924. The van der Waals surface area contributed by atoms with E-state index in [-0.39, 0.29) is 5.91 Å². The third-order valence-electron chi connectivity index (χ3n) is 5.98. The highest BCUT2D eigenvalue weighted by Crippen LogP contribution is 2.33. The zero-order valence-electron chi connectivity index (χ0n) is 15.9. The molecule has 0 spiro atoms. The third-order valence-corrected chi connectivity index (χ3v) is 5.98. The van der Waals surface area contributed by atoms with E-state index in [1.165, 1.54) is 0 Å². The fourth-order valence-electron chi connectivity index (χ4n) is 4.58. The van der Waals surface area contributed by atoms with E-state index < -0.39 is 0 Å². The van der Waals surface area contributed by atoms with E-state index in [1.54, 1.807) is 0 Å². The standard InChI is InChI=1S/C21H23N5O2/c1-12-18-19(15-3-2-4-16(15)24-20(18)28-25-12)21(27)26-8-7-14(11-26)9-13-5-6-17(22)23-10-13/h5-6,10,14H,2-4,7-9,11H2,1H3,(H2,22,23). The molecule has 2 aliphatic rings. The van der Waals surface area contributed by atoms with Crippen LogP contribution < -0.4 is 5.73 Å². The average Bonchev–Trinajstić information content (AvgIpc) is 3.42. The van der Waals surface area contributed by atoms with Crippen LogP contribution in [-0.2, 0) is 19.3 Å².